The van der Waals surface area contributed by atoms with Crippen molar-refractivity contribution >= 4 is 16.9 Å². The summed E-state index contributed by atoms with van der Waals surface area (Å²) in [6.07, 6.45) is 2.85. The summed E-state index contributed by atoms with van der Waals surface area (Å²) in [6, 6.07) is 24.4. The van der Waals surface area contributed by atoms with Crippen LogP contribution in [0.4, 0.5) is 0 Å². The fourth-order valence-corrected chi connectivity index (χ4v) is 3.54. The first kappa shape index (κ1) is 19.8. The number of pyridine rings is 2. The van der Waals surface area contributed by atoms with E-state index in [2.05, 4.69) is 35.3 Å². The molecule has 0 atom stereocenters. The lowest BCUT2D eigenvalue weighted by Gasteiger charge is -2.19. The molecule has 2 heterocycles. The largest absolute Gasteiger partial charge is 0.481 e. The molecule has 0 bridgehead atoms. The second-order valence-corrected chi connectivity index (χ2v) is 8.13. The molecule has 2 aromatic carbocycles. The first-order valence-corrected chi connectivity index (χ1v) is 10.1. The molecule has 2 aromatic heterocycles. The Morgan fingerprint density at radius 3 is 2.20 bits per heavy atom. The highest BCUT2D eigenvalue weighted by molar-refractivity contribution is 5.92. The van der Waals surface area contributed by atoms with Crippen LogP contribution in [0, 0.1) is 5.41 Å². The molecular weight excluding hydrogens is 372 g/mol. The van der Waals surface area contributed by atoms with E-state index in [9.17, 15) is 9.90 Å². The van der Waals surface area contributed by atoms with Gasteiger partial charge in [0.2, 0.25) is 0 Å². The summed E-state index contributed by atoms with van der Waals surface area (Å²) in [5.74, 6) is -0.794. The Labute approximate surface area is 176 Å². The van der Waals surface area contributed by atoms with Gasteiger partial charge in [0.25, 0.3) is 0 Å². The van der Waals surface area contributed by atoms with E-state index in [0.29, 0.717) is 12.8 Å². The van der Waals surface area contributed by atoms with Crippen molar-refractivity contribution < 1.29 is 9.90 Å². The zero-order chi connectivity index (χ0) is 21.1. The standard InChI is InChI=1S/C26H24N2O2/c1-26(2,25(29)30)15-13-22-21-17-20(18-9-5-3-6-10-18)24(19-11-7-4-8-12-19)28-23(21)14-16-27-22/h3-12,14,16-17H,13,15H2,1-2H3,(H,29,30). The molecule has 30 heavy (non-hydrogen) atoms. The molecule has 4 aromatic rings. The van der Waals surface area contributed by atoms with Gasteiger partial charge in [0.1, 0.15) is 0 Å². The number of aryl methyl sites for hydroxylation is 1. The SMILES string of the molecule is CC(C)(CCc1nccc2nc(-c3ccccc3)c(-c3ccccc3)cc12)C(=O)O. The summed E-state index contributed by atoms with van der Waals surface area (Å²) >= 11 is 0. The number of aromatic nitrogens is 2. The average Bonchev–Trinajstić information content (AvgIpc) is 2.78. The van der Waals surface area contributed by atoms with Crippen molar-refractivity contribution in [3.63, 3.8) is 0 Å². The minimum absolute atomic E-state index is 0.509. The maximum atomic E-state index is 11.5. The van der Waals surface area contributed by atoms with Crippen LogP contribution in [-0.4, -0.2) is 21.0 Å². The molecule has 0 amide bonds. The molecule has 1 N–H and O–H groups in total. The van der Waals surface area contributed by atoms with Gasteiger partial charge >= 0.3 is 5.97 Å². The van der Waals surface area contributed by atoms with E-state index in [1.807, 2.05) is 42.5 Å². The number of carboxylic acids is 1. The van der Waals surface area contributed by atoms with Gasteiger partial charge in [0.15, 0.2) is 0 Å². The molecular formula is C26H24N2O2. The number of carbonyl (C=O) groups is 1. The van der Waals surface area contributed by atoms with E-state index in [4.69, 9.17) is 4.98 Å². The molecule has 0 radical (unpaired) electrons. The van der Waals surface area contributed by atoms with Crippen molar-refractivity contribution in [2.75, 3.05) is 0 Å². The minimum Gasteiger partial charge on any atom is -0.481 e. The molecule has 0 aliphatic carbocycles. The van der Waals surface area contributed by atoms with Crippen molar-refractivity contribution in [2.24, 2.45) is 5.41 Å². The first-order chi connectivity index (χ1) is 14.5. The van der Waals surface area contributed by atoms with Crippen LogP contribution in [0.15, 0.2) is 79.0 Å². The second-order valence-electron chi connectivity index (χ2n) is 8.13. The van der Waals surface area contributed by atoms with E-state index in [1.54, 1.807) is 20.0 Å². The highest BCUT2D eigenvalue weighted by atomic mass is 16.4. The summed E-state index contributed by atoms with van der Waals surface area (Å²) in [5, 5.41) is 10.4. The number of fused-ring (bicyclic) bond motifs is 1. The highest BCUT2D eigenvalue weighted by Crippen LogP contribution is 2.34. The van der Waals surface area contributed by atoms with Crippen LogP contribution in [0.5, 0.6) is 0 Å². The van der Waals surface area contributed by atoms with Gasteiger partial charge in [-0.1, -0.05) is 60.7 Å². The Kier molecular flexibility index (Phi) is 5.32. The topological polar surface area (TPSA) is 63.1 Å². The van der Waals surface area contributed by atoms with Gasteiger partial charge in [-0.3, -0.25) is 9.78 Å². The number of carboxylic acid groups (broad SMARTS) is 1. The lowest BCUT2D eigenvalue weighted by atomic mass is 9.86. The van der Waals surface area contributed by atoms with Gasteiger partial charge in [0.05, 0.1) is 16.6 Å². The van der Waals surface area contributed by atoms with Gasteiger partial charge in [-0.05, 0) is 44.4 Å². The molecule has 0 saturated carbocycles. The van der Waals surface area contributed by atoms with Crippen LogP contribution >= 0.6 is 0 Å². The minimum atomic E-state index is -0.802. The predicted octanol–water partition coefficient (Wildman–Crippen LogP) is 6.01. The normalized spacial score (nSPS) is 11.5. The third kappa shape index (κ3) is 3.94. The molecule has 4 nitrogen and oxygen atoms in total. The Hall–Kier alpha value is -3.53. The van der Waals surface area contributed by atoms with Crippen molar-refractivity contribution in [2.45, 2.75) is 26.7 Å². The molecule has 150 valence electrons. The zero-order valence-corrected chi connectivity index (χ0v) is 17.2. The maximum Gasteiger partial charge on any atom is 0.309 e. The number of hydrogen-bond acceptors (Lipinski definition) is 3. The summed E-state index contributed by atoms with van der Waals surface area (Å²) in [6.45, 7) is 3.50. The fourth-order valence-electron chi connectivity index (χ4n) is 3.54. The molecule has 0 spiro atoms. The fraction of sp³-hybridized carbons (Fsp3) is 0.192. The summed E-state index contributed by atoms with van der Waals surface area (Å²) in [4.78, 5) is 21.1. The molecule has 0 aliphatic rings. The molecule has 4 heteroatoms. The van der Waals surface area contributed by atoms with Crippen LogP contribution in [0.1, 0.15) is 26.0 Å². The van der Waals surface area contributed by atoms with E-state index >= 15 is 0 Å². The van der Waals surface area contributed by atoms with Crippen molar-refractivity contribution in [3.8, 4) is 22.4 Å². The van der Waals surface area contributed by atoms with E-state index in [1.165, 1.54) is 0 Å². The van der Waals surface area contributed by atoms with Crippen LogP contribution in [0.2, 0.25) is 0 Å². The van der Waals surface area contributed by atoms with E-state index in [0.717, 1.165) is 39.0 Å². The van der Waals surface area contributed by atoms with Crippen molar-refractivity contribution in [1.29, 1.82) is 0 Å². The van der Waals surface area contributed by atoms with E-state index < -0.39 is 11.4 Å². The lowest BCUT2D eigenvalue weighted by molar-refractivity contribution is -0.147. The monoisotopic (exact) mass is 396 g/mol. The lowest BCUT2D eigenvalue weighted by Crippen LogP contribution is -2.24. The Balaban J connectivity index is 1.87. The maximum absolute atomic E-state index is 11.5. The molecule has 0 aliphatic heterocycles. The second kappa shape index (κ2) is 8.07. The summed E-state index contributed by atoms with van der Waals surface area (Å²) < 4.78 is 0. The van der Waals surface area contributed by atoms with Crippen LogP contribution in [0.3, 0.4) is 0 Å². The average molecular weight is 396 g/mol. The van der Waals surface area contributed by atoms with Crippen LogP contribution in [-0.2, 0) is 11.2 Å². The number of rotatable bonds is 6. The van der Waals surface area contributed by atoms with Crippen molar-refractivity contribution in [1.82, 2.24) is 9.97 Å². The van der Waals surface area contributed by atoms with Crippen molar-refractivity contribution in [3.05, 3.63) is 84.7 Å². The quantitative estimate of drug-likeness (QED) is 0.434. The highest BCUT2D eigenvalue weighted by Gasteiger charge is 2.27. The van der Waals surface area contributed by atoms with E-state index in [-0.39, 0.29) is 0 Å². The van der Waals surface area contributed by atoms with Crippen LogP contribution < -0.4 is 0 Å². The number of benzene rings is 2. The summed E-state index contributed by atoms with van der Waals surface area (Å²) in [5.41, 5.74) is 5.06. The van der Waals surface area contributed by atoms with Crippen LogP contribution in [0.25, 0.3) is 33.3 Å². The zero-order valence-electron chi connectivity index (χ0n) is 17.2. The first-order valence-electron chi connectivity index (χ1n) is 10.1. The molecule has 0 fully saturated rings. The number of nitrogens with zero attached hydrogens (tertiary/aromatic N) is 2. The summed E-state index contributed by atoms with van der Waals surface area (Å²) in [7, 11) is 0. The molecule has 0 saturated heterocycles. The molecule has 0 unspecified atom stereocenters. The number of aliphatic carboxylic acids is 1. The van der Waals surface area contributed by atoms with Gasteiger partial charge in [-0.25, -0.2) is 4.98 Å². The third-order valence-electron chi connectivity index (χ3n) is 5.52. The predicted molar refractivity (Wildman–Crippen MR) is 120 cm³/mol. The van der Waals surface area contributed by atoms with Gasteiger partial charge in [-0.15, -0.1) is 0 Å². The Bertz CT molecular complexity index is 1190. The number of hydrogen-bond donors (Lipinski definition) is 1. The van der Waals surface area contributed by atoms with Gasteiger partial charge < -0.3 is 5.11 Å². The van der Waals surface area contributed by atoms with Gasteiger partial charge in [0, 0.05) is 28.4 Å². The smallest absolute Gasteiger partial charge is 0.309 e. The third-order valence-corrected chi connectivity index (χ3v) is 5.52. The Morgan fingerprint density at radius 1 is 0.933 bits per heavy atom. The Morgan fingerprint density at radius 2 is 1.57 bits per heavy atom. The molecule has 4 rings (SSSR count). The van der Waals surface area contributed by atoms with Gasteiger partial charge in [-0.2, -0.15) is 0 Å².